The molecule has 1 aliphatic rings. The molecule has 1 aliphatic carbocycles. The van der Waals surface area contributed by atoms with Gasteiger partial charge >= 0.3 is 0 Å². The molecule has 1 atom stereocenters. The van der Waals surface area contributed by atoms with Crippen LogP contribution >= 0.6 is 11.3 Å². The van der Waals surface area contributed by atoms with Crippen LogP contribution in [0.3, 0.4) is 0 Å². The Labute approximate surface area is 145 Å². The van der Waals surface area contributed by atoms with Crippen LogP contribution in [-0.2, 0) is 10.0 Å². The molecule has 2 aromatic rings. The van der Waals surface area contributed by atoms with Crippen LogP contribution in [0.4, 0.5) is 0 Å². The highest BCUT2D eigenvalue weighted by molar-refractivity contribution is 7.89. The van der Waals surface area contributed by atoms with Crippen molar-refractivity contribution in [2.24, 2.45) is 5.92 Å². The van der Waals surface area contributed by atoms with E-state index in [0.29, 0.717) is 17.4 Å². The standard InChI is InChI=1S/C16H20N2O4S2/c1-10-9-17-16(23-10)15(11-4-5-11)18-24(19,20)14-7-12(21-2)6-13(8-14)22-3/h6-9,11,15,18H,4-5H2,1-3H3/t15-/m1/s1. The van der Waals surface area contributed by atoms with Crippen LogP contribution in [0.2, 0.25) is 0 Å². The van der Waals surface area contributed by atoms with Gasteiger partial charge in [-0.25, -0.2) is 18.1 Å². The van der Waals surface area contributed by atoms with Gasteiger partial charge in [-0.15, -0.1) is 11.3 Å². The van der Waals surface area contributed by atoms with E-state index in [2.05, 4.69) is 9.71 Å². The Bertz CT molecular complexity index is 806. The number of hydrogen-bond acceptors (Lipinski definition) is 6. The lowest BCUT2D eigenvalue weighted by molar-refractivity contribution is 0.391. The van der Waals surface area contributed by atoms with Gasteiger partial charge in [-0.2, -0.15) is 0 Å². The lowest BCUT2D eigenvalue weighted by Gasteiger charge is -2.17. The minimum Gasteiger partial charge on any atom is -0.497 e. The van der Waals surface area contributed by atoms with E-state index in [9.17, 15) is 8.42 Å². The van der Waals surface area contributed by atoms with Crippen molar-refractivity contribution >= 4 is 21.4 Å². The molecule has 0 spiro atoms. The fourth-order valence-corrected chi connectivity index (χ4v) is 4.78. The number of thiazole rings is 1. The largest absolute Gasteiger partial charge is 0.497 e. The van der Waals surface area contributed by atoms with Gasteiger partial charge in [0.15, 0.2) is 0 Å². The lowest BCUT2D eigenvalue weighted by atomic mass is 10.2. The van der Waals surface area contributed by atoms with Gasteiger partial charge in [0, 0.05) is 29.3 Å². The SMILES string of the molecule is COc1cc(OC)cc(S(=O)(=O)N[C@@H](c2ncc(C)s2)C2CC2)c1. The monoisotopic (exact) mass is 368 g/mol. The van der Waals surface area contributed by atoms with Crippen molar-refractivity contribution in [2.75, 3.05) is 14.2 Å². The lowest BCUT2D eigenvalue weighted by Crippen LogP contribution is -2.30. The Balaban J connectivity index is 1.92. The molecule has 1 aromatic heterocycles. The first-order valence-corrected chi connectivity index (χ1v) is 9.90. The second-order valence-corrected chi connectivity index (χ2v) is 8.77. The Kier molecular flexibility index (Phi) is 4.80. The molecule has 1 fully saturated rings. The Hall–Kier alpha value is -1.64. The zero-order valence-electron chi connectivity index (χ0n) is 13.8. The number of methoxy groups -OCH3 is 2. The number of rotatable bonds is 7. The zero-order chi connectivity index (χ0) is 17.3. The summed E-state index contributed by atoms with van der Waals surface area (Å²) in [6, 6.07) is 4.33. The van der Waals surface area contributed by atoms with Crippen molar-refractivity contribution in [1.29, 1.82) is 0 Å². The molecule has 0 amide bonds. The fraction of sp³-hybridized carbons (Fsp3) is 0.438. The molecule has 0 radical (unpaired) electrons. The van der Waals surface area contributed by atoms with E-state index < -0.39 is 10.0 Å². The maximum Gasteiger partial charge on any atom is 0.241 e. The molecule has 6 nitrogen and oxygen atoms in total. The summed E-state index contributed by atoms with van der Waals surface area (Å²) in [4.78, 5) is 5.56. The van der Waals surface area contributed by atoms with Gasteiger partial charge in [-0.3, -0.25) is 0 Å². The first-order chi connectivity index (χ1) is 11.4. The van der Waals surface area contributed by atoms with Crippen LogP contribution in [0.15, 0.2) is 29.3 Å². The Morgan fingerprint density at radius 2 is 1.83 bits per heavy atom. The number of nitrogens with zero attached hydrogens (tertiary/aromatic N) is 1. The van der Waals surface area contributed by atoms with Crippen molar-refractivity contribution in [3.05, 3.63) is 34.3 Å². The number of ether oxygens (including phenoxy) is 2. The van der Waals surface area contributed by atoms with Crippen LogP contribution in [0, 0.1) is 12.8 Å². The quantitative estimate of drug-likeness (QED) is 0.813. The van der Waals surface area contributed by atoms with Crippen molar-refractivity contribution in [1.82, 2.24) is 9.71 Å². The third-order valence-electron chi connectivity index (χ3n) is 3.92. The van der Waals surface area contributed by atoms with E-state index in [4.69, 9.17) is 9.47 Å². The van der Waals surface area contributed by atoms with Gasteiger partial charge in [-0.05, 0) is 25.7 Å². The average Bonchev–Trinajstić information content (AvgIpc) is 3.33. The molecule has 8 heteroatoms. The number of aromatic nitrogens is 1. The van der Waals surface area contributed by atoms with Gasteiger partial charge in [0.2, 0.25) is 10.0 Å². The van der Waals surface area contributed by atoms with Gasteiger partial charge in [-0.1, -0.05) is 0 Å². The van der Waals surface area contributed by atoms with Gasteiger partial charge < -0.3 is 9.47 Å². The van der Waals surface area contributed by atoms with E-state index in [1.807, 2.05) is 6.92 Å². The number of nitrogens with one attached hydrogen (secondary N) is 1. The average molecular weight is 368 g/mol. The molecule has 0 saturated heterocycles. The zero-order valence-corrected chi connectivity index (χ0v) is 15.4. The van der Waals surface area contributed by atoms with Gasteiger partial charge in [0.1, 0.15) is 16.5 Å². The van der Waals surface area contributed by atoms with Crippen LogP contribution < -0.4 is 14.2 Å². The van der Waals surface area contributed by atoms with Crippen LogP contribution in [0.1, 0.15) is 28.8 Å². The molecule has 0 aliphatic heterocycles. The van der Waals surface area contributed by atoms with Crippen LogP contribution in [-0.4, -0.2) is 27.6 Å². The van der Waals surface area contributed by atoms with Crippen LogP contribution in [0.25, 0.3) is 0 Å². The highest BCUT2D eigenvalue weighted by atomic mass is 32.2. The highest BCUT2D eigenvalue weighted by Crippen LogP contribution is 2.43. The molecule has 24 heavy (non-hydrogen) atoms. The van der Waals surface area contributed by atoms with Crippen LogP contribution in [0.5, 0.6) is 11.5 Å². The molecule has 1 heterocycles. The molecule has 1 saturated carbocycles. The molecule has 130 valence electrons. The summed E-state index contributed by atoms with van der Waals surface area (Å²) in [7, 11) is -0.732. The predicted octanol–water partition coefficient (Wildman–Crippen LogP) is 2.90. The molecule has 0 bridgehead atoms. The van der Waals surface area contributed by atoms with E-state index >= 15 is 0 Å². The number of sulfonamides is 1. The second kappa shape index (κ2) is 6.70. The minimum atomic E-state index is -3.71. The smallest absolute Gasteiger partial charge is 0.241 e. The Morgan fingerprint density at radius 3 is 2.29 bits per heavy atom. The van der Waals surface area contributed by atoms with Crippen molar-refractivity contribution in [3.63, 3.8) is 0 Å². The van der Waals surface area contributed by atoms with Gasteiger partial charge in [0.05, 0.1) is 25.2 Å². The van der Waals surface area contributed by atoms with E-state index in [-0.39, 0.29) is 10.9 Å². The summed E-state index contributed by atoms with van der Waals surface area (Å²) >= 11 is 1.53. The maximum absolute atomic E-state index is 12.8. The van der Waals surface area contributed by atoms with E-state index in [1.165, 1.54) is 37.7 Å². The third kappa shape index (κ3) is 3.71. The van der Waals surface area contributed by atoms with Gasteiger partial charge in [0.25, 0.3) is 0 Å². The number of hydrogen-bond donors (Lipinski definition) is 1. The van der Waals surface area contributed by atoms with Crippen molar-refractivity contribution in [2.45, 2.75) is 30.7 Å². The fourth-order valence-electron chi connectivity index (χ4n) is 2.47. The second-order valence-electron chi connectivity index (χ2n) is 5.79. The molecule has 1 aromatic carbocycles. The molecular formula is C16H20N2O4S2. The summed E-state index contributed by atoms with van der Waals surface area (Å²) in [5.41, 5.74) is 0. The predicted molar refractivity (Wildman–Crippen MR) is 92.2 cm³/mol. The van der Waals surface area contributed by atoms with Crippen molar-refractivity contribution < 1.29 is 17.9 Å². The Morgan fingerprint density at radius 1 is 1.21 bits per heavy atom. The highest BCUT2D eigenvalue weighted by Gasteiger charge is 2.37. The number of aryl methyl sites for hydroxylation is 1. The van der Waals surface area contributed by atoms with Crippen molar-refractivity contribution in [3.8, 4) is 11.5 Å². The number of benzene rings is 1. The van der Waals surface area contributed by atoms with E-state index in [1.54, 1.807) is 12.3 Å². The summed E-state index contributed by atoms with van der Waals surface area (Å²) in [5.74, 6) is 1.17. The molecule has 0 unspecified atom stereocenters. The van der Waals surface area contributed by atoms with E-state index in [0.717, 1.165) is 22.7 Å². The normalized spacial score (nSPS) is 16.0. The topological polar surface area (TPSA) is 77.5 Å². The molecular weight excluding hydrogens is 348 g/mol. The summed E-state index contributed by atoms with van der Waals surface area (Å²) in [6.45, 7) is 1.96. The maximum atomic E-state index is 12.8. The molecule has 3 rings (SSSR count). The summed E-state index contributed by atoms with van der Waals surface area (Å²) < 4.78 is 38.8. The molecule has 1 N–H and O–H groups in total. The summed E-state index contributed by atoms with van der Waals surface area (Å²) in [5, 5.41) is 0.813. The third-order valence-corrected chi connectivity index (χ3v) is 6.33. The first kappa shape index (κ1) is 17.2. The first-order valence-electron chi connectivity index (χ1n) is 7.60. The minimum absolute atomic E-state index is 0.123. The summed E-state index contributed by atoms with van der Waals surface area (Å²) in [6.07, 6.45) is 3.79.